The Bertz CT molecular complexity index is 3110. The van der Waals surface area contributed by atoms with Crippen LogP contribution in [-0.2, 0) is 0 Å². The zero-order valence-corrected chi connectivity index (χ0v) is 25.7. The van der Waals surface area contributed by atoms with Crippen LogP contribution in [-0.4, -0.2) is 4.98 Å². The van der Waals surface area contributed by atoms with E-state index < -0.39 is 0 Å². The minimum Gasteiger partial charge on any atom is -0.455 e. The first-order valence-corrected chi connectivity index (χ1v) is 16.3. The second-order valence-electron chi connectivity index (χ2n) is 12.6. The number of aromatic nitrogens is 1. The molecule has 0 saturated carbocycles. The second kappa shape index (κ2) is 9.54. The molecular weight excluding hydrogens is 587 g/mol. The summed E-state index contributed by atoms with van der Waals surface area (Å²) in [5.74, 6) is 0. The van der Waals surface area contributed by atoms with Crippen molar-refractivity contribution < 1.29 is 8.83 Å². The number of fused-ring (bicyclic) bond motifs is 14. The molecule has 0 radical (unpaired) electrons. The third-order valence-electron chi connectivity index (χ3n) is 10.0. The lowest BCUT2D eigenvalue weighted by Crippen LogP contribution is -1.90. The van der Waals surface area contributed by atoms with E-state index in [1.165, 1.54) is 26.9 Å². The molecule has 3 aromatic heterocycles. The van der Waals surface area contributed by atoms with Crippen LogP contribution >= 0.6 is 0 Å². The zero-order valence-electron chi connectivity index (χ0n) is 25.7. The van der Waals surface area contributed by atoms with E-state index in [0.29, 0.717) is 0 Å². The molecule has 0 aliphatic carbocycles. The Morgan fingerprint density at radius 1 is 0.375 bits per heavy atom. The fourth-order valence-electron chi connectivity index (χ4n) is 7.85. The van der Waals surface area contributed by atoms with Gasteiger partial charge in [-0.05, 0) is 57.4 Å². The molecule has 8 aromatic carbocycles. The molecule has 0 bridgehead atoms. The highest BCUT2D eigenvalue weighted by Crippen LogP contribution is 2.44. The largest absolute Gasteiger partial charge is 0.455 e. The summed E-state index contributed by atoms with van der Waals surface area (Å²) in [7, 11) is 0. The predicted molar refractivity (Wildman–Crippen MR) is 200 cm³/mol. The molecular formula is C45H25NO2. The van der Waals surface area contributed by atoms with Crippen LogP contribution in [0.15, 0.2) is 160 Å². The maximum atomic E-state index is 6.72. The van der Waals surface area contributed by atoms with Crippen molar-refractivity contribution in [2.75, 3.05) is 0 Å². The van der Waals surface area contributed by atoms with Crippen LogP contribution in [0.2, 0.25) is 0 Å². The van der Waals surface area contributed by atoms with Gasteiger partial charge >= 0.3 is 0 Å². The van der Waals surface area contributed by atoms with Gasteiger partial charge in [-0.25, -0.2) is 4.98 Å². The smallest absolute Gasteiger partial charge is 0.144 e. The number of pyridine rings is 1. The molecule has 222 valence electrons. The summed E-state index contributed by atoms with van der Waals surface area (Å²) in [6, 6.07) is 53.5. The van der Waals surface area contributed by atoms with Crippen LogP contribution in [0, 0.1) is 0 Å². The highest BCUT2D eigenvalue weighted by atomic mass is 16.3. The summed E-state index contributed by atoms with van der Waals surface area (Å²) in [6.07, 6.45) is 0. The maximum absolute atomic E-state index is 6.72. The number of nitrogens with zero attached hydrogens (tertiary/aromatic N) is 1. The first kappa shape index (κ1) is 25.7. The van der Waals surface area contributed by atoms with Crippen LogP contribution in [0.25, 0.3) is 109 Å². The summed E-state index contributed by atoms with van der Waals surface area (Å²) in [6.45, 7) is 0. The summed E-state index contributed by atoms with van der Waals surface area (Å²) in [5.41, 5.74) is 8.74. The topological polar surface area (TPSA) is 39.2 Å². The lowest BCUT2D eigenvalue weighted by molar-refractivity contribution is 0.670. The van der Waals surface area contributed by atoms with E-state index in [4.69, 9.17) is 13.8 Å². The minimum atomic E-state index is 0.895. The van der Waals surface area contributed by atoms with E-state index in [0.717, 1.165) is 82.6 Å². The van der Waals surface area contributed by atoms with Crippen molar-refractivity contribution >= 4 is 87.1 Å². The summed E-state index contributed by atoms with van der Waals surface area (Å²) in [4.78, 5) is 5.23. The lowest BCUT2D eigenvalue weighted by Gasteiger charge is -2.12. The molecule has 3 nitrogen and oxygen atoms in total. The van der Waals surface area contributed by atoms with Crippen LogP contribution in [0.1, 0.15) is 0 Å². The highest BCUT2D eigenvalue weighted by Gasteiger charge is 2.20. The molecule has 0 aliphatic rings. The van der Waals surface area contributed by atoms with Gasteiger partial charge in [0.1, 0.15) is 22.3 Å². The number of hydrogen-bond donors (Lipinski definition) is 0. The first-order valence-electron chi connectivity index (χ1n) is 16.3. The Balaban J connectivity index is 1.15. The van der Waals surface area contributed by atoms with E-state index in [2.05, 4.69) is 133 Å². The van der Waals surface area contributed by atoms with Crippen LogP contribution < -0.4 is 0 Å². The van der Waals surface area contributed by atoms with Gasteiger partial charge in [-0.15, -0.1) is 0 Å². The van der Waals surface area contributed by atoms with Crippen molar-refractivity contribution in [1.29, 1.82) is 0 Å². The third kappa shape index (κ3) is 3.50. The zero-order chi connectivity index (χ0) is 31.3. The van der Waals surface area contributed by atoms with E-state index in [1.807, 2.05) is 18.2 Å². The Kier molecular flexibility index (Phi) is 5.11. The Labute approximate surface area is 274 Å². The van der Waals surface area contributed by atoms with Crippen molar-refractivity contribution in [3.05, 3.63) is 152 Å². The second-order valence-corrected chi connectivity index (χ2v) is 12.6. The van der Waals surface area contributed by atoms with Crippen molar-refractivity contribution in [2.24, 2.45) is 0 Å². The lowest BCUT2D eigenvalue weighted by atomic mass is 9.93. The third-order valence-corrected chi connectivity index (χ3v) is 10.0. The van der Waals surface area contributed by atoms with Gasteiger partial charge in [0.25, 0.3) is 0 Å². The molecule has 0 fully saturated rings. The van der Waals surface area contributed by atoms with Gasteiger partial charge < -0.3 is 8.83 Å². The SMILES string of the molecule is c1ccc2c(c1)ccc1oc3c(-c4ccc(-c5nc6ccccc6c6c5ccc5c7ccccc7oc56)cc4)cc4ccccc4c3c12. The van der Waals surface area contributed by atoms with Gasteiger partial charge in [0.2, 0.25) is 0 Å². The van der Waals surface area contributed by atoms with Crippen molar-refractivity contribution in [2.45, 2.75) is 0 Å². The number of rotatable bonds is 2. The van der Waals surface area contributed by atoms with Gasteiger partial charge in [-0.1, -0.05) is 121 Å². The molecule has 0 N–H and O–H groups in total. The van der Waals surface area contributed by atoms with Crippen molar-refractivity contribution in [1.82, 2.24) is 4.98 Å². The number of benzene rings is 8. The molecule has 11 aromatic rings. The van der Waals surface area contributed by atoms with Crippen molar-refractivity contribution in [3.63, 3.8) is 0 Å². The molecule has 0 aliphatic heterocycles. The number of furan rings is 2. The molecule has 3 heteroatoms. The number of para-hydroxylation sites is 2. The van der Waals surface area contributed by atoms with Gasteiger partial charge in [-0.3, -0.25) is 0 Å². The average molecular weight is 612 g/mol. The summed E-state index contributed by atoms with van der Waals surface area (Å²) >= 11 is 0. The molecule has 3 heterocycles. The monoisotopic (exact) mass is 611 g/mol. The highest BCUT2D eigenvalue weighted by molar-refractivity contribution is 6.29. The quantitative estimate of drug-likeness (QED) is 0.183. The summed E-state index contributed by atoms with van der Waals surface area (Å²) < 4.78 is 13.2. The summed E-state index contributed by atoms with van der Waals surface area (Å²) in [5, 5.41) is 12.6. The average Bonchev–Trinajstić information content (AvgIpc) is 3.74. The van der Waals surface area contributed by atoms with Gasteiger partial charge in [0, 0.05) is 48.8 Å². The molecule has 0 saturated heterocycles. The van der Waals surface area contributed by atoms with Gasteiger partial charge in [0.05, 0.1) is 11.2 Å². The molecule has 0 atom stereocenters. The van der Waals surface area contributed by atoms with Crippen molar-refractivity contribution in [3.8, 4) is 22.4 Å². The van der Waals surface area contributed by atoms with Crippen LogP contribution in [0.4, 0.5) is 0 Å². The normalized spacial score (nSPS) is 12.2. The Morgan fingerprint density at radius 2 is 1.02 bits per heavy atom. The Hall–Kier alpha value is -6.45. The molecule has 48 heavy (non-hydrogen) atoms. The van der Waals surface area contributed by atoms with Crippen LogP contribution in [0.5, 0.6) is 0 Å². The molecule has 0 spiro atoms. The minimum absolute atomic E-state index is 0.895. The fraction of sp³-hybridized carbons (Fsp3) is 0. The van der Waals surface area contributed by atoms with E-state index in [-0.39, 0.29) is 0 Å². The first-order chi connectivity index (χ1) is 23.8. The molecule has 0 amide bonds. The molecule has 0 unspecified atom stereocenters. The fourth-order valence-corrected chi connectivity index (χ4v) is 7.85. The Morgan fingerprint density at radius 3 is 1.88 bits per heavy atom. The van der Waals surface area contributed by atoms with Gasteiger partial charge in [0.15, 0.2) is 0 Å². The van der Waals surface area contributed by atoms with Crippen LogP contribution in [0.3, 0.4) is 0 Å². The predicted octanol–water partition coefficient (Wildman–Crippen LogP) is 12.8. The molecule has 11 rings (SSSR count). The van der Waals surface area contributed by atoms with Gasteiger partial charge in [-0.2, -0.15) is 0 Å². The maximum Gasteiger partial charge on any atom is 0.144 e. The standard InChI is InChI=1S/C45H25NO2/c1-3-11-30-26(9-1)21-24-39-41(30)42-31-12-4-2-10-29(31)25-36(45(42)48-39)27-17-19-28(20-18-27)43-35-23-22-33-32-13-6-8-16-38(32)47-44(33)40(35)34-14-5-7-15-37(34)46-43/h1-25H. The number of hydrogen-bond acceptors (Lipinski definition) is 3. The van der Waals surface area contributed by atoms with E-state index in [1.54, 1.807) is 0 Å². The van der Waals surface area contributed by atoms with E-state index >= 15 is 0 Å². The van der Waals surface area contributed by atoms with E-state index in [9.17, 15) is 0 Å².